The zero-order valence-electron chi connectivity index (χ0n) is 16.3. The van der Waals surface area contributed by atoms with Gasteiger partial charge in [0, 0.05) is 5.56 Å². The van der Waals surface area contributed by atoms with Crippen LogP contribution < -0.4 is 9.47 Å². The number of fused-ring (bicyclic) bond motifs is 1. The minimum atomic E-state index is -0.273. The lowest BCUT2D eigenvalue weighted by Crippen LogP contribution is -2.02. The van der Waals surface area contributed by atoms with Crippen LogP contribution in [0.5, 0.6) is 11.5 Å². The second-order valence-corrected chi connectivity index (χ2v) is 6.06. The van der Waals surface area contributed by atoms with Crippen LogP contribution in [0.2, 0.25) is 0 Å². The van der Waals surface area contributed by atoms with Gasteiger partial charge < -0.3 is 24.4 Å². The van der Waals surface area contributed by atoms with Gasteiger partial charge in [-0.25, -0.2) is 4.98 Å². The molecule has 2 aromatic carbocycles. The van der Waals surface area contributed by atoms with Crippen molar-refractivity contribution in [2.45, 2.75) is 6.92 Å². The molecule has 8 heteroatoms. The third-order valence-corrected chi connectivity index (χ3v) is 4.23. The predicted octanol–water partition coefficient (Wildman–Crippen LogP) is 3.81. The Kier molecular flexibility index (Phi) is 6.00. The van der Waals surface area contributed by atoms with Crippen LogP contribution in [0.4, 0.5) is 0 Å². The zero-order chi connectivity index (χ0) is 20.8. The maximum absolute atomic E-state index is 10.3. The fraction of sp³-hybridized carbons (Fsp3) is 0.190. The Bertz CT molecular complexity index is 1090. The van der Waals surface area contributed by atoms with Gasteiger partial charge in [0.1, 0.15) is 11.6 Å². The molecule has 3 rings (SSSR count). The van der Waals surface area contributed by atoms with Crippen LogP contribution in [0, 0.1) is 11.3 Å². The molecular weight excluding hydrogens is 372 g/mol. The molecule has 0 aliphatic carbocycles. The summed E-state index contributed by atoms with van der Waals surface area (Å²) >= 11 is 0. The van der Waals surface area contributed by atoms with Crippen molar-refractivity contribution in [1.82, 2.24) is 9.97 Å². The van der Waals surface area contributed by atoms with E-state index >= 15 is 0 Å². The van der Waals surface area contributed by atoms with Crippen molar-refractivity contribution in [2.75, 3.05) is 20.8 Å². The summed E-state index contributed by atoms with van der Waals surface area (Å²) in [5.74, 6) is 1.18. The van der Waals surface area contributed by atoms with Gasteiger partial charge in [0.25, 0.3) is 0 Å². The number of aliphatic hydroxyl groups excluding tert-OH is 1. The van der Waals surface area contributed by atoms with E-state index < -0.39 is 0 Å². The van der Waals surface area contributed by atoms with E-state index in [1.807, 2.05) is 36.4 Å². The van der Waals surface area contributed by atoms with Crippen molar-refractivity contribution in [3.63, 3.8) is 0 Å². The fourth-order valence-corrected chi connectivity index (χ4v) is 2.70. The number of hydrogen-bond acceptors (Lipinski definition) is 7. The molecule has 0 aliphatic rings. The first-order chi connectivity index (χ1) is 14.1. The number of nitrogens with one attached hydrogen (secondary N) is 1. The number of ether oxygens (including phenoxy) is 2. The van der Waals surface area contributed by atoms with Crippen molar-refractivity contribution >= 4 is 22.3 Å². The van der Waals surface area contributed by atoms with Gasteiger partial charge in [-0.15, -0.1) is 0 Å². The third kappa shape index (κ3) is 4.30. The number of nitriles is 1. The minimum absolute atomic E-state index is 0.000157. The highest BCUT2D eigenvalue weighted by Gasteiger charge is 2.14. The number of hydrogen-bond donors (Lipinski definition) is 2. The van der Waals surface area contributed by atoms with Crippen LogP contribution in [0.1, 0.15) is 18.3 Å². The molecule has 3 aromatic rings. The van der Waals surface area contributed by atoms with E-state index in [4.69, 9.17) is 14.3 Å². The molecule has 29 heavy (non-hydrogen) atoms. The SMILES string of the molecule is COc1ccc(C(C)=NOCC(O)=C(C#N)c2nc3ccccc3[nH]2)cc1OC. The van der Waals surface area contributed by atoms with E-state index in [-0.39, 0.29) is 23.8 Å². The predicted molar refractivity (Wildman–Crippen MR) is 109 cm³/mol. The lowest BCUT2D eigenvalue weighted by molar-refractivity contribution is 0.137. The molecule has 0 saturated heterocycles. The quantitative estimate of drug-likeness (QED) is 0.274. The molecule has 0 unspecified atom stereocenters. The first-order valence-corrected chi connectivity index (χ1v) is 8.73. The van der Waals surface area contributed by atoms with Crippen molar-refractivity contribution in [3.8, 4) is 17.6 Å². The summed E-state index contributed by atoms with van der Waals surface area (Å²) < 4.78 is 10.5. The Morgan fingerprint density at radius 2 is 1.93 bits per heavy atom. The number of methoxy groups -OCH3 is 2. The summed E-state index contributed by atoms with van der Waals surface area (Å²) in [7, 11) is 3.11. The Morgan fingerprint density at radius 1 is 1.17 bits per heavy atom. The number of allylic oxidation sites excluding steroid dienone is 1. The van der Waals surface area contributed by atoms with Crippen LogP contribution in [0.25, 0.3) is 16.6 Å². The second-order valence-electron chi connectivity index (χ2n) is 6.06. The minimum Gasteiger partial charge on any atom is -0.507 e. The molecular formula is C21H20N4O4. The van der Waals surface area contributed by atoms with Gasteiger partial charge in [0.05, 0.1) is 31.0 Å². The van der Waals surface area contributed by atoms with Crippen molar-refractivity contribution in [3.05, 3.63) is 59.6 Å². The fourth-order valence-electron chi connectivity index (χ4n) is 2.70. The van der Waals surface area contributed by atoms with Gasteiger partial charge in [-0.2, -0.15) is 5.26 Å². The highest BCUT2D eigenvalue weighted by molar-refractivity contribution is 5.98. The Hall–Kier alpha value is -3.99. The summed E-state index contributed by atoms with van der Waals surface area (Å²) in [5.41, 5.74) is 2.81. The number of aliphatic hydroxyl groups is 1. The first-order valence-electron chi connectivity index (χ1n) is 8.73. The smallest absolute Gasteiger partial charge is 0.175 e. The van der Waals surface area contributed by atoms with Crippen LogP contribution in [0.15, 0.2) is 53.4 Å². The van der Waals surface area contributed by atoms with Crippen molar-refractivity contribution in [2.24, 2.45) is 5.16 Å². The molecule has 0 fully saturated rings. The van der Waals surface area contributed by atoms with E-state index in [1.54, 1.807) is 33.3 Å². The Labute approximate surface area is 167 Å². The Morgan fingerprint density at radius 3 is 2.62 bits per heavy atom. The van der Waals surface area contributed by atoms with E-state index in [0.717, 1.165) is 11.1 Å². The molecule has 1 heterocycles. The van der Waals surface area contributed by atoms with Crippen LogP contribution in [-0.2, 0) is 4.84 Å². The third-order valence-electron chi connectivity index (χ3n) is 4.23. The number of oxime groups is 1. The van der Waals surface area contributed by atoms with Gasteiger partial charge in [-0.3, -0.25) is 0 Å². The maximum atomic E-state index is 10.3. The normalized spacial score (nSPS) is 12.3. The lowest BCUT2D eigenvalue weighted by atomic mass is 10.1. The average Bonchev–Trinajstić information content (AvgIpc) is 3.17. The summed E-state index contributed by atoms with van der Waals surface area (Å²) in [6, 6.07) is 14.7. The monoisotopic (exact) mass is 392 g/mol. The van der Waals surface area contributed by atoms with Crippen molar-refractivity contribution in [1.29, 1.82) is 5.26 Å². The topological polar surface area (TPSA) is 113 Å². The number of imidazole rings is 1. The molecule has 0 saturated carbocycles. The molecule has 0 amide bonds. The number of aromatic amines is 1. The molecule has 0 spiro atoms. The largest absolute Gasteiger partial charge is 0.507 e. The van der Waals surface area contributed by atoms with Gasteiger partial charge in [-0.1, -0.05) is 17.3 Å². The summed E-state index contributed by atoms with van der Waals surface area (Å²) in [6.07, 6.45) is 0. The van der Waals surface area contributed by atoms with Gasteiger partial charge in [-0.05, 0) is 37.3 Å². The molecule has 148 valence electrons. The highest BCUT2D eigenvalue weighted by Crippen LogP contribution is 2.27. The molecule has 0 bridgehead atoms. The van der Waals surface area contributed by atoms with Gasteiger partial charge >= 0.3 is 0 Å². The van der Waals surface area contributed by atoms with E-state index in [9.17, 15) is 10.4 Å². The number of para-hydroxylation sites is 2. The van der Waals surface area contributed by atoms with Crippen LogP contribution in [0.3, 0.4) is 0 Å². The van der Waals surface area contributed by atoms with Gasteiger partial charge in [0.2, 0.25) is 0 Å². The van der Waals surface area contributed by atoms with Crippen LogP contribution >= 0.6 is 0 Å². The summed E-state index contributed by atoms with van der Waals surface area (Å²) in [5, 5.41) is 23.7. The van der Waals surface area contributed by atoms with Crippen molar-refractivity contribution < 1.29 is 19.4 Å². The number of nitrogens with zero attached hydrogens (tertiary/aromatic N) is 3. The first kappa shape index (κ1) is 19.8. The molecule has 0 radical (unpaired) electrons. The maximum Gasteiger partial charge on any atom is 0.175 e. The van der Waals surface area contributed by atoms with Crippen LogP contribution in [-0.4, -0.2) is 41.6 Å². The van der Waals surface area contributed by atoms with E-state index in [2.05, 4.69) is 15.1 Å². The summed E-state index contributed by atoms with van der Waals surface area (Å²) in [4.78, 5) is 12.6. The number of rotatable bonds is 7. The van der Waals surface area contributed by atoms with E-state index in [0.29, 0.717) is 22.7 Å². The zero-order valence-corrected chi connectivity index (χ0v) is 16.3. The molecule has 2 N–H and O–H groups in total. The Balaban J connectivity index is 1.76. The lowest BCUT2D eigenvalue weighted by Gasteiger charge is -2.09. The number of benzene rings is 2. The highest BCUT2D eigenvalue weighted by atomic mass is 16.6. The molecule has 0 atom stereocenters. The molecule has 8 nitrogen and oxygen atoms in total. The number of H-pyrrole nitrogens is 1. The second kappa shape index (κ2) is 8.80. The molecule has 0 aliphatic heterocycles. The van der Waals surface area contributed by atoms with E-state index in [1.165, 1.54) is 0 Å². The summed E-state index contributed by atoms with van der Waals surface area (Å²) in [6.45, 7) is 1.48. The van der Waals surface area contributed by atoms with Gasteiger partial charge in [0.15, 0.2) is 29.7 Å². The molecule has 1 aromatic heterocycles. The number of aromatic nitrogens is 2. The average molecular weight is 392 g/mol. The standard InChI is InChI=1S/C21H20N4O4/c1-13(14-8-9-19(27-2)20(10-14)28-3)25-29-12-18(26)15(11-22)21-23-16-6-4-5-7-17(16)24-21/h4-10,26H,12H2,1-3H3,(H,23,24).